The van der Waals surface area contributed by atoms with Crippen molar-refractivity contribution < 1.29 is 32.6 Å². The molecule has 10 heteroatoms. The van der Waals surface area contributed by atoms with E-state index in [-0.39, 0.29) is 5.88 Å². The molecule has 0 bridgehead atoms. The third-order valence-electron chi connectivity index (χ3n) is 3.14. The summed E-state index contributed by atoms with van der Waals surface area (Å²) in [5.74, 6) is -2.33. The maximum absolute atomic E-state index is 12.9. The first kappa shape index (κ1) is 18.5. The molecule has 0 saturated heterocycles. The van der Waals surface area contributed by atoms with E-state index in [9.17, 15) is 22.8 Å². The van der Waals surface area contributed by atoms with Gasteiger partial charge < -0.3 is 15.6 Å². The molecule has 1 aromatic heterocycles. The largest absolute Gasteiger partial charge is 0.481 e. The lowest BCUT2D eigenvalue weighted by atomic mass is 10.1. The van der Waals surface area contributed by atoms with E-state index in [1.807, 2.05) is 0 Å². The average molecular weight is 357 g/mol. The summed E-state index contributed by atoms with van der Waals surface area (Å²) in [5, 5.41) is 12.0. The topological polar surface area (TPSA) is 107 Å². The Morgan fingerprint density at radius 1 is 1.28 bits per heavy atom. The van der Waals surface area contributed by atoms with E-state index in [0.29, 0.717) is 11.8 Å². The molecule has 0 radical (unpaired) electrons. The summed E-state index contributed by atoms with van der Waals surface area (Å²) in [6.07, 6.45) is -5.30. The predicted molar refractivity (Wildman–Crippen MR) is 79.3 cm³/mol. The Labute approximate surface area is 139 Å². The Bertz CT molecular complexity index is 759. The van der Waals surface area contributed by atoms with Crippen molar-refractivity contribution in [2.24, 2.45) is 5.73 Å². The number of aliphatic carboxylic acids is 1. The number of rotatable bonds is 7. The Balaban J connectivity index is 2.23. The van der Waals surface area contributed by atoms with Gasteiger partial charge in [-0.15, -0.1) is 0 Å². The van der Waals surface area contributed by atoms with Crippen molar-refractivity contribution in [3.8, 4) is 11.6 Å². The van der Waals surface area contributed by atoms with Gasteiger partial charge >= 0.3 is 12.1 Å². The van der Waals surface area contributed by atoms with Crippen LogP contribution in [0.2, 0.25) is 0 Å². The highest BCUT2D eigenvalue weighted by Gasteiger charge is 2.35. The van der Waals surface area contributed by atoms with Crippen molar-refractivity contribution in [1.82, 2.24) is 9.78 Å². The smallest absolute Gasteiger partial charge is 0.435 e. The number of benzene rings is 1. The van der Waals surface area contributed by atoms with Crippen molar-refractivity contribution in [3.63, 3.8) is 0 Å². The third kappa shape index (κ3) is 4.80. The summed E-state index contributed by atoms with van der Waals surface area (Å²) in [5.41, 5.74) is 4.51. The van der Waals surface area contributed by atoms with Crippen LogP contribution in [-0.4, -0.2) is 39.3 Å². The van der Waals surface area contributed by atoms with E-state index in [0.717, 1.165) is 4.68 Å². The van der Waals surface area contributed by atoms with Gasteiger partial charge in [-0.3, -0.25) is 9.59 Å². The minimum absolute atomic E-state index is 0.301. The van der Waals surface area contributed by atoms with E-state index >= 15 is 0 Å². The number of hydrogen-bond acceptors (Lipinski definition) is 5. The SMILES string of the molecule is N[C@@H](CC(=O)O)C(=O)COc1cc(C(F)(F)F)nn1-c1ccccc1. The predicted octanol–water partition coefficient (Wildman–Crippen LogP) is 1.64. The van der Waals surface area contributed by atoms with E-state index in [1.54, 1.807) is 18.2 Å². The lowest BCUT2D eigenvalue weighted by Gasteiger charge is -2.11. The van der Waals surface area contributed by atoms with Gasteiger partial charge in [-0.05, 0) is 12.1 Å². The van der Waals surface area contributed by atoms with Crippen LogP contribution >= 0.6 is 0 Å². The molecule has 0 aliphatic carbocycles. The molecule has 1 aromatic carbocycles. The number of ether oxygens (including phenoxy) is 1. The molecule has 0 unspecified atom stereocenters. The van der Waals surface area contributed by atoms with Crippen LogP contribution in [0.1, 0.15) is 12.1 Å². The van der Waals surface area contributed by atoms with Crippen LogP contribution in [0.5, 0.6) is 5.88 Å². The number of carbonyl (C=O) groups is 2. The fourth-order valence-corrected chi connectivity index (χ4v) is 1.91. The summed E-state index contributed by atoms with van der Waals surface area (Å²) in [6, 6.07) is 7.24. The van der Waals surface area contributed by atoms with Crippen molar-refractivity contribution in [1.29, 1.82) is 0 Å². The Hall–Kier alpha value is -2.88. The number of nitrogens with two attached hydrogens (primary N) is 1. The van der Waals surface area contributed by atoms with Gasteiger partial charge in [-0.25, -0.2) is 4.68 Å². The maximum Gasteiger partial charge on any atom is 0.435 e. The van der Waals surface area contributed by atoms with Crippen LogP contribution in [0, 0.1) is 0 Å². The number of carbonyl (C=O) groups excluding carboxylic acids is 1. The number of Topliss-reactive ketones (excluding diaryl/α,β-unsaturated/α-hetero) is 1. The van der Waals surface area contributed by atoms with Gasteiger partial charge in [0.2, 0.25) is 5.88 Å². The van der Waals surface area contributed by atoms with E-state index in [1.165, 1.54) is 12.1 Å². The van der Waals surface area contributed by atoms with Gasteiger partial charge in [-0.2, -0.15) is 18.3 Å². The van der Waals surface area contributed by atoms with Gasteiger partial charge in [0, 0.05) is 6.07 Å². The monoisotopic (exact) mass is 357 g/mol. The number of hydrogen-bond donors (Lipinski definition) is 2. The van der Waals surface area contributed by atoms with Crippen molar-refractivity contribution >= 4 is 11.8 Å². The number of alkyl halides is 3. The molecule has 134 valence electrons. The maximum atomic E-state index is 12.9. The highest BCUT2D eigenvalue weighted by Crippen LogP contribution is 2.32. The molecule has 2 rings (SSSR count). The van der Waals surface area contributed by atoms with E-state index < -0.39 is 42.7 Å². The number of halogens is 3. The molecule has 0 aliphatic rings. The Kier molecular flexibility index (Phi) is 5.42. The first-order valence-corrected chi connectivity index (χ1v) is 7.04. The molecule has 0 saturated carbocycles. The second kappa shape index (κ2) is 7.34. The Morgan fingerprint density at radius 3 is 2.48 bits per heavy atom. The normalized spacial score (nSPS) is 12.6. The zero-order chi connectivity index (χ0) is 18.6. The van der Waals surface area contributed by atoms with Gasteiger partial charge in [0.05, 0.1) is 18.2 Å². The first-order valence-electron chi connectivity index (χ1n) is 7.04. The molecule has 0 spiro atoms. The summed E-state index contributed by atoms with van der Waals surface area (Å²) in [7, 11) is 0. The molecule has 25 heavy (non-hydrogen) atoms. The lowest BCUT2D eigenvalue weighted by Crippen LogP contribution is -2.36. The minimum atomic E-state index is -4.69. The number of carboxylic acids is 1. The summed E-state index contributed by atoms with van der Waals surface area (Å²) in [6.45, 7) is -0.676. The molecule has 2 aromatic rings. The van der Waals surface area contributed by atoms with Gasteiger partial charge in [0.25, 0.3) is 0 Å². The van der Waals surface area contributed by atoms with E-state index in [2.05, 4.69) is 5.10 Å². The molecular formula is C15H14F3N3O4. The number of nitrogens with zero attached hydrogens (tertiary/aromatic N) is 2. The molecule has 1 atom stereocenters. The van der Waals surface area contributed by atoms with Gasteiger partial charge in [0.1, 0.15) is 6.61 Å². The lowest BCUT2D eigenvalue weighted by molar-refractivity contribution is -0.141. The third-order valence-corrected chi connectivity index (χ3v) is 3.14. The first-order chi connectivity index (χ1) is 11.7. The van der Waals surface area contributed by atoms with Crippen LogP contribution in [0.3, 0.4) is 0 Å². The molecule has 1 heterocycles. The number of aromatic nitrogens is 2. The van der Waals surface area contributed by atoms with Crippen LogP contribution in [-0.2, 0) is 15.8 Å². The zero-order valence-corrected chi connectivity index (χ0v) is 12.7. The molecular weight excluding hydrogens is 343 g/mol. The van der Waals surface area contributed by atoms with Crippen LogP contribution in [0.4, 0.5) is 13.2 Å². The quantitative estimate of drug-likeness (QED) is 0.780. The van der Waals surface area contributed by atoms with Crippen molar-refractivity contribution in [2.45, 2.75) is 18.6 Å². The van der Waals surface area contributed by atoms with Crippen molar-refractivity contribution in [3.05, 3.63) is 42.1 Å². The molecule has 0 fully saturated rings. The van der Waals surface area contributed by atoms with Gasteiger partial charge in [0.15, 0.2) is 11.5 Å². The number of carboxylic acid groups (broad SMARTS) is 1. The second-order valence-electron chi connectivity index (χ2n) is 5.07. The molecule has 0 amide bonds. The highest BCUT2D eigenvalue weighted by molar-refractivity contribution is 5.88. The van der Waals surface area contributed by atoms with Crippen LogP contribution in [0.25, 0.3) is 5.69 Å². The van der Waals surface area contributed by atoms with Crippen molar-refractivity contribution in [2.75, 3.05) is 6.61 Å². The van der Waals surface area contributed by atoms with E-state index in [4.69, 9.17) is 15.6 Å². The standard InChI is InChI=1S/C15H14F3N3O4/c16-15(17,18)12-7-13(21(20-12)9-4-2-1-3-5-9)25-8-11(22)10(19)6-14(23)24/h1-5,7,10H,6,8,19H2,(H,23,24)/t10-/m0/s1. The van der Waals surface area contributed by atoms with Crippen LogP contribution in [0.15, 0.2) is 36.4 Å². The minimum Gasteiger partial charge on any atom is -0.481 e. The van der Waals surface area contributed by atoms with Gasteiger partial charge in [-0.1, -0.05) is 18.2 Å². The molecule has 7 nitrogen and oxygen atoms in total. The fraction of sp³-hybridized carbons (Fsp3) is 0.267. The zero-order valence-electron chi connectivity index (χ0n) is 12.7. The fourth-order valence-electron chi connectivity index (χ4n) is 1.91. The summed E-state index contributed by atoms with van der Waals surface area (Å²) >= 11 is 0. The summed E-state index contributed by atoms with van der Waals surface area (Å²) < 4.78 is 44.7. The summed E-state index contributed by atoms with van der Waals surface area (Å²) in [4.78, 5) is 22.3. The Morgan fingerprint density at radius 2 is 1.92 bits per heavy atom. The molecule has 0 aliphatic heterocycles. The number of para-hydroxylation sites is 1. The highest BCUT2D eigenvalue weighted by atomic mass is 19.4. The number of ketones is 1. The van der Waals surface area contributed by atoms with Crippen LogP contribution < -0.4 is 10.5 Å². The average Bonchev–Trinajstić information content (AvgIpc) is 2.97. The second-order valence-corrected chi connectivity index (χ2v) is 5.07. The molecule has 3 N–H and O–H groups in total.